The zero-order valence-electron chi connectivity index (χ0n) is 10.9. The van der Waals surface area contributed by atoms with Gasteiger partial charge < -0.3 is 9.84 Å². The number of aromatic carboxylic acids is 1. The predicted molar refractivity (Wildman–Crippen MR) is 71.4 cm³/mol. The lowest BCUT2D eigenvalue weighted by Gasteiger charge is -2.11. The van der Waals surface area contributed by atoms with Gasteiger partial charge >= 0.3 is 5.97 Å². The minimum Gasteiger partial charge on any atom is -0.489 e. The third-order valence-corrected chi connectivity index (χ3v) is 2.99. The quantitative estimate of drug-likeness (QED) is 0.914. The molecule has 2 rings (SSSR count). The van der Waals surface area contributed by atoms with Crippen molar-refractivity contribution in [2.75, 3.05) is 0 Å². The van der Waals surface area contributed by atoms with Gasteiger partial charge in [0.25, 0.3) is 0 Å². The van der Waals surface area contributed by atoms with Crippen LogP contribution in [0, 0.1) is 13.8 Å². The summed E-state index contributed by atoms with van der Waals surface area (Å²) in [6.45, 7) is 4.35. The van der Waals surface area contributed by atoms with Crippen LogP contribution in [0.4, 0.5) is 0 Å². The fourth-order valence-corrected chi connectivity index (χ4v) is 1.72. The second kappa shape index (κ2) is 5.52. The van der Waals surface area contributed by atoms with Gasteiger partial charge in [0.15, 0.2) is 0 Å². The Morgan fingerprint density at radius 2 is 2.11 bits per heavy atom. The van der Waals surface area contributed by atoms with Crippen LogP contribution in [0.15, 0.2) is 36.5 Å². The van der Waals surface area contributed by atoms with Crippen LogP contribution in [0.3, 0.4) is 0 Å². The molecule has 0 unspecified atom stereocenters. The SMILES string of the molecule is Cc1cccc(OCc2ccnc(C(=O)O)c2)c1C. The maximum Gasteiger partial charge on any atom is 0.354 e. The van der Waals surface area contributed by atoms with Crippen molar-refractivity contribution in [3.63, 3.8) is 0 Å². The van der Waals surface area contributed by atoms with Gasteiger partial charge in [-0.3, -0.25) is 0 Å². The van der Waals surface area contributed by atoms with E-state index in [1.54, 1.807) is 6.07 Å². The van der Waals surface area contributed by atoms with Gasteiger partial charge in [-0.25, -0.2) is 9.78 Å². The summed E-state index contributed by atoms with van der Waals surface area (Å²) < 4.78 is 5.72. The second-order valence-corrected chi connectivity index (χ2v) is 4.34. The number of carbonyl (C=O) groups is 1. The van der Waals surface area contributed by atoms with E-state index < -0.39 is 5.97 Å². The molecule has 0 aliphatic rings. The molecule has 4 nitrogen and oxygen atoms in total. The van der Waals surface area contributed by atoms with Crippen LogP contribution in [0.1, 0.15) is 27.2 Å². The zero-order chi connectivity index (χ0) is 13.8. The first-order chi connectivity index (χ1) is 9.08. The number of nitrogens with zero attached hydrogens (tertiary/aromatic N) is 1. The Kier molecular flexibility index (Phi) is 3.80. The van der Waals surface area contributed by atoms with Gasteiger partial charge in [0.2, 0.25) is 0 Å². The van der Waals surface area contributed by atoms with E-state index in [1.165, 1.54) is 17.8 Å². The van der Waals surface area contributed by atoms with E-state index in [0.717, 1.165) is 16.9 Å². The van der Waals surface area contributed by atoms with Crippen molar-refractivity contribution in [3.8, 4) is 5.75 Å². The number of carboxylic acid groups (broad SMARTS) is 1. The van der Waals surface area contributed by atoms with Crippen LogP contribution in [0.5, 0.6) is 5.75 Å². The first-order valence-corrected chi connectivity index (χ1v) is 5.95. The van der Waals surface area contributed by atoms with E-state index in [4.69, 9.17) is 9.84 Å². The molecule has 0 bridgehead atoms. The number of ether oxygens (including phenoxy) is 1. The van der Waals surface area contributed by atoms with Crippen molar-refractivity contribution in [1.29, 1.82) is 0 Å². The molecule has 19 heavy (non-hydrogen) atoms. The molecule has 0 aliphatic carbocycles. The number of benzene rings is 1. The van der Waals surface area contributed by atoms with Crippen molar-refractivity contribution in [2.24, 2.45) is 0 Å². The molecule has 0 saturated heterocycles. The van der Waals surface area contributed by atoms with E-state index in [2.05, 4.69) is 4.98 Å². The molecule has 0 spiro atoms. The summed E-state index contributed by atoms with van der Waals surface area (Å²) in [7, 11) is 0. The third-order valence-electron chi connectivity index (χ3n) is 2.99. The predicted octanol–water partition coefficient (Wildman–Crippen LogP) is 2.98. The summed E-state index contributed by atoms with van der Waals surface area (Å²) in [6, 6.07) is 9.14. The number of aromatic nitrogens is 1. The number of aryl methyl sites for hydroxylation is 1. The molecule has 98 valence electrons. The highest BCUT2D eigenvalue weighted by molar-refractivity contribution is 5.85. The number of pyridine rings is 1. The van der Waals surface area contributed by atoms with Crippen LogP contribution >= 0.6 is 0 Å². The minimum absolute atomic E-state index is 0.0297. The molecule has 0 atom stereocenters. The van der Waals surface area contributed by atoms with Gasteiger partial charge in [-0.05, 0) is 48.7 Å². The topological polar surface area (TPSA) is 59.4 Å². The Balaban J connectivity index is 2.12. The number of hydrogen-bond acceptors (Lipinski definition) is 3. The van der Waals surface area contributed by atoms with Crippen LogP contribution in [0.25, 0.3) is 0 Å². The van der Waals surface area contributed by atoms with Gasteiger partial charge in [-0.15, -0.1) is 0 Å². The molecule has 0 fully saturated rings. The fraction of sp³-hybridized carbons (Fsp3) is 0.200. The Labute approximate surface area is 111 Å². The van der Waals surface area contributed by atoms with Crippen molar-refractivity contribution >= 4 is 5.97 Å². The van der Waals surface area contributed by atoms with E-state index in [9.17, 15) is 4.79 Å². The molecular weight excluding hydrogens is 242 g/mol. The molecule has 0 amide bonds. The third kappa shape index (κ3) is 3.10. The Morgan fingerprint density at radius 3 is 2.84 bits per heavy atom. The molecule has 1 aromatic heterocycles. The van der Waals surface area contributed by atoms with E-state index in [1.807, 2.05) is 32.0 Å². The number of hydrogen-bond donors (Lipinski definition) is 1. The zero-order valence-corrected chi connectivity index (χ0v) is 10.9. The van der Waals surface area contributed by atoms with Gasteiger partial charge in [0.05, 0.1) is 0 Å². The highest BCUT2D eigenvalue weighted by atomic mass is 16.5. The molecule has 2 aromatic rings. The molecule has 1 heterocycles. The first-order valence-electron chi connectivity index (χ1n) is 5.95. The summed E-state index contributed by atoms with van der Waals surface area (Å²) in [5, 5.41) is 8.87. The van der Waals surface area contributed by atoms with Crippen LogP contribution in [-0.4, -0.2) is 16.1 Å². The van der Waals surface area contributed by atoms with Crippen LogP contribution in [0.2, 0.25) is 0 Å². The largest absolute Gasteiger partial charge is 0.489 e. The average molecular weight is 257 g/mol. The van der Waals surface area contributed by atoms with Crippen LogP contribution in [-0.2, 0) is 6.61 Å². The van der Waals surface area contributed by atoms with Crippen molar-refractivity contribution in [1.82, 2.24) is 4.98 Å². The standard InChI is InChI=1S/C15H15NO3/c1-10-4-3-5-14(11(10)2)19-9-12-6-7-16-13(8-12)15(17)18/h3-8H,9H2,1-2H3,(H,17,18). The highest BCUT2D eigenvalue weighted by Crippen LogP contribution is 2.21. The number of carboxylic acids is 1. The Morgan fingerprint density at radius 1 is 1.32 bits per heavy atom. The van der Waals surface area contributed by atoms with Crippen molar-refractivity contribution < 1.29 is 14.6 Å². The molecule has 0 aliphatic heterocycles. The van der Waals surface area contributed by atoms with Gasteiger partial charge in [-0.1, -0.05) is 12.1 Å². The normalized spacial score (nSPS) is 10.2. The minimum atomic E-state index is -1.03. The summed E-state index contributed by atoms with van der Waals surface area (Å²) in [6.07, 6.45) is 1.48. The average Bonchev–Trinajstić information content (AvgIpc) is 2.41. The van der Waals surface area contributed by atoms with Crippen LogP contribution < -0.4 is 4.74 Å². The number of rotatable bonds is 4. The molecule has 0 saturated carbocycles. The smallest absolute Gasteiger partial charge is 0.354 e. The summed E-state index contributed by atoms with van der Waals surface area (Å²) in [5.41, 5.74) is 3.07. The maximum atomic E-state index is 10.8. The van der Waals surface area contributed by atoms with Gasteiger partial charge in [-0.2, -0.15) is 0 Å². The lowest BCUT2D eigenvalue weighted by molar-refractivity contribution is 0.0690. The van der Waals surface area contributed by atoms with Crippen molar-refractivity contribution in [3.05, 3.63) is 58.9 Å². The molecular formula is C15H15NO3. The summed E-state index contributed by atoms with van der Waals surface area (Å²) in [5.74, 6) is -0.220. The second-order valence-electron chi connectivity index (χ2n) is 4.34. The van der Waals surface area contributed by atoms with E-state index in [-0.39, 0.29) is 5.69 Å². The molecule has 1 N–H and O–H groups in total. The summed E-state index contributed by atoms with van der Waals surface area (Å²) in [4.78, 5) is 14.6. The van der Waals surface area contributed by atoms with Gasteiger partial charge in [0, 0.05) is 6.20 Å². The summed E-state index contributed by atoms with van der Waals surface area (Å²) >= 11 is 0. The molecule has 4 heteroatoms. The van der Waals surface area contributed by atoms with Gasteiger partial charge in [0.1, 0.15) is 18.1 Å². The molecule has 1 aromatic carbocycles. The fourth-order valence-electron chi connectivity index (χ4n) is 1.72. The van der Waals surface area contributed by atoms with Crippen molar-refractivity contribution in [2.45, 2.75) is 20.5 Å². The van der Waals surface area contributed by atoms with E-state index in [0.29, 0.717) is 6.61 Å². The lowest BCUT2D eigenvalue weighted by atomic mass is 10.1. The first kappa shape index (κ1) is 13.1. The maximum absolute atomic E-state index is 10.8. The lowest BCUT2D eigenvalue weighted by Crippen LogP contribution is -2.03. The molecule has 0 radical (unpaired) electrons. The Bertz CT molecular complexity index is 608. The highest BCUT2D eigenvalue weighted by Gasteiger charge is 2.06. The monoisotopic (exact) mass is 257 g/mol. The van der Waals surface area contributed by atoms with E-state index >= 15 is 0 Å². The Hall–Kier alpha value is -2.36.